The molecule has 11 heterocycles. The molecule has 1 unspecified atom stereocenters. The maximum atomic E-state index is 15.9. The lowest BCUT2D eigenvalue weighted by molar-refractivity contribution is 0.392. The maximum absolute atomic E-state index is 15.9. The molecule has 0 aromatic carbocycles. The number of aromatic nitrogens is 5. The first-order valence-corrected chi connectivity index (χ1v) is 28.6. The number of halogens is 4. The van der Waals surface area contributed by atoms with E-state index < -0.39 is 13.9 Å². The van der Waals surface area contributed by atoms with Gasteiger partial charge >= 0.3 is 13.9 Å². The number of thiophene rings is 2. The molecule has 5 nitrogen and oxygen atoms in total. The van der Waals surface area contributed by atoms with Gasteiger partial charge in [0, 0.05) is 66.2 Å². The van der Waals surface area contributed by atoms with Crippen molar-refractivity contribution in [3.63, 3.8) is 0 Å². The molecule has 15 heteroatoms. The zero-order valence-corrected chi connectivity index (χ0v) is 43.2. The summed E-state index contributed by atoms with van der Waals surface area (Å²) in [5, 5.41) is 1.27. The summed E-state index contributed by atoms with van der Waals surface area (Å²) < 4.78 is 75.8. The summed E-state index contributed by atoms with van der Waals surface area (Å²) in [6.45, 7) is 2.05. The van der Waals surface area contributed by atoms with Crippen LogP contribution in [0.3, 0.4) is 0 Å². The molecule has 358 valence electrons. The van der Waals surface area contributed by atoms with E-state index in [1.54, 1.807) is 47.0 Å². The molecule has 11 rings (SSSR count). The highest BCUT2D eigenvalue weighted by molar-refractivity contribution is 7.91. The molecule has 0 N–H and O–H groups in total. The first kappa shape index (κ1) is 46.7. The molecule has 0 aliphatic carbocycles. The molecule has 69 heavy (non-hydrogen) atoms. The van der Waals surface area contributed by atoms with Gasteiger partial charge in [-0.1, -0.05) is 85.5 Å². The lowest BCUT2D eigenvalue weighted by Gasteiger charge is -2.37. The summed E-state index contributed by atoms with van der Waals surface area (Å²) >= 11 is 7.26. The van der Waals surface area contributed by atoms with Crippen LogP contribution in [-0.2, 0) is 35.7 Å². The molecular formula is C54H59B2F4N5S4. The van der Waals surface area contributed by atoms with Gasteiger partial charge in [0.1, 0.15) is 10.0 Å². The van der Waals surface area contributed by atoms with Crippen molar-refractivity contribution in [2.75, 3.05) is 0 Å². The quantitative estimate of drug-likeness (QED) is 0.0286. The summed E-state index contributed by atoms with van der Waals surface area (Å²) in [5.74, 6) is 0.533. The first-order valence-electron chi connectivity index (χ1n) is 25.4. The topological polar surface area (TPSA) is 24.6 Å². The molecule has 4 aliphatic rings. The first-order chi connectivity index (χ1) is 33.6. The Balaban J connectivity index is 1.10. The van der Waals surface area contributed by atoms with Crippen LogP contribution in [-0.4, -0.2) is 46.1 Å². The van der Waals surface area contributed by atoms with Gasteiger partial charge < -0.3 is 39.7 Å². The van der Waals surface area contributed by atoms with E-state index in [9.17, 15) is 0 Å². The molecule has 7 aromatic rings. The Hall–Kier alpha value is -4.69. The van der Waals surface area contributed by atoms with Crippen LogP contribution in [0, 0.1) is 15.0 Å². The van der Waals surface area contributed by atoms with Gasteiger partial charge in [-0.15, -0.1) is 22.7 Å². The summed E-state index contributed by atoms with van der Waals surface area (Å²) in [6, 6.07) is 19.1. The number of aryl methyl sites for hydroxylation is 1. The number of hydrogen-bond acceptors (Lipinski definition) is 2. The Morgan fingerprint density at radius 1 is 0.609 bits per heavy atom. The Morgan fingerprint density at radius 2 is 1.19 bits per heavy atom. The van der Waals surface area contributed by atoms with E-state index in [0.29, 0.717) is 28.7 Å². The van der Waals surface area contributed by atoms with Crippen LogP contribution >= 0.6 is 22.7 Å². The second kappa shape index (κ2) is 18.8. The van der Waals surface area contributed by atoms with Crippen LogP contribution in [0.4, 0.5) is 17.3 Å². The molecular weight excluding hydrogens is 945 g/mol. The number of rotatable bonds is 17. The van der Waals surface area contributed by atoms with Gasteiger partial charge in [0.2, 0.25) is 27.6 Å². The van der Waals surface area contributed by atoms with E-state index in [1.807, 2.05) is 47.0 Å². The van der Waals surface area contributed by atoms with Crippen molar-refractivity contribution in [1.29, 1.82) is 0 Å². The standard InChI is InChI=1S/C54H59B2F4N5S4/c1-5-9-12-14-21-37-31-45(49-39-23-16-27-62(39)55(57,58)63-28-17-24-40(49)63)66-51(37)47-33-43-53(68-47)54-44(61(43)35-36(8-4)20-11-7-3)34-48(69-54)52-38(22-15-13-10-6-2)32-46(67-52)50-41-25-18-29-64(41)56(59,60)65-30-19-26-42(50)65/h16-19,23-34,36H,5-15,20-22,35H2,1-4H3. The van der Waals surface area contributed by atoms with E-state index in [4.69, 9.17) is 0 Å². The second-order valence-corrected chi connectivity index (χ2v) is 23.6. The Bertz CT molecular complexity index is 3380. The van der Waals surface area contributed by atoms with Crippen molar-refractivity contribution in [3.8, 4) is 0 Å². The summed E-state index contributed by atoms with van der Waals surface area (Å²) in [5.41, 5.74) is 7.85. The van der Waals surface area contributed by atoms with Crippen LogP contribution in [0.5, 0.6) is 0 Å². The van der Waals surface area contributed by atoms with E-state index >= 15 is 17.3 Å². The molecule has 0 amide bonds. The van der Waals surface area contributed by atoms with E-state index in [-0.39, 0.29) is 0 Å². The molecule has 7 aromatic heterocycles. The number of fused-ring (bicyclic) bond motifs is 7. The monoisotopic (exact) mass is 1000 g/mol. The lowest BCUT2D eigenvalue weighted by atomic mass is 9.89. The van der Waals surface area contributed by atoms with Crippen LogP contribution in [0.25, 0.3) is 27.4 Å². The number of unbranched alkanes of at least 4 members (excludes halogenated alkanes) is 7. The summed E-state index contributed by atoms with van der Waals surface area (Å²) in [6.07, 6.45) is 26.5. The summed E-state index contributed by atoms with van der Waals surface area (Å²) in [4.78, 5) is 4.80. The number of allylic oxidation sites excluding steroid dienone is 2. The van der Waals surface area contributed by atoms with Crippen LogP contribution < -0.4 is 9.88 Å². The van der Waals surface area contributed by atoms with Gasteiger partial charge in [-0.3, -0.25) is 0 Å². The minimum Gasteiger partial charge on any atom is -0.446 e. The van der Waals surface area contributed by atoms with Crippen molar-refractivity contribution >= 4 is 96.5 Å². The molecule has 4 aliphatic heterocycles. The minimum atomic E-state index is -3.99. The highest BCUT2D eigenvalue weighted by atomic mass is 32.1. The third kappa shape index (κ3) is 7.92. The van der Waals surface area contributed by atoms with E-state index in [1.165, 1.54) is 125 Å². The Kier molecular flexibility index (Phi) is 12.7. The van der Waals surface area contributed by atoms with Gasteiger partial charge in [0.25, 0.3) is 14.6 Å². The number of hydrogen-bond donors (Lipinski definition) is 0. The van der Waals surface area contributed by atoms with Gasteiger partial charge in [0.15, 0.2) is 0 Å². The molecule has 0 radical (unpaired) electrons. The third-order valence-electron chi connectivity index (χ3n) is 14.8. The molecule has 0 saturated carbocycles. The fourth-order valence-electron chi connectivity index (χ4n) is 11.1. The normalized spacial score (nSPS) is 17.4. The molecule has 0 fully saturated rings. The van der Waals surface area contributed by atoms with Gasteiger partial charge in [0.05, 0.1) is 11.1 Å². The smallest absolute Gasteiger partial charge is 0.446 e. The fourth-order valence-corrected chi connectivity index (χ4v) is 16.4. The zero-order chi connectivity index (χ0) is 47.6. The third-order valence-corrected chi connectivity index (χ3v) is 20.0. The Morgan fingerprint density at radius 3 is 1.77 bits per heavy atom. The van der Waals surface area contributed by atoms with Crippen molar-refractivity contribution in [2.45, 2.75) is 129 Å². The predicted molar refractivity (Wildman–Crippen MR) is 289 cm³/mol. The number of nitrogens with zero attached hydrogens (tertiary/aromatic N) is 5. The van der Waals surface area contributed by atoms with Crippen molar-refractivity contribution in [1.82, 2.24) is 22.5 Å². The van der Waals surface area contributed by atoms with E-state index in [0.717, 1.165) is 84.9 Å². The fraction of sp³-hybridized carbons (Fsp3) is 0.370. The Labute approximate surface area is 417 Å². The average molecular weight is 1000 g/mol. The molecule has 0 saturated heterocycles. The van der Waals surface area contributed by atoms with Gasteiger partial charge in [-0.2, -0.15) is 0 Å². The van der Waals surface area contributed by atoms with E-state index in [2.05, 4.69) is 56.5 Å². The molecule has 0 bridgehead atoms. The highest BCUT2D eigenvalue weighted by Crippen LogP contribution is 2.41. The lowest BCUT2D eigenvalue weighted by Crippen LogP contribution is -2.47. The minimum absolute atomic E-state index is 0.533. The second-order valence-electron chi connectivity index (χ2n) is 19.4. The molecule has 1 atom stereocenters. The molecule has 0 spiro atoms. The van der Waals surface area contributed by atoms with Gasteiger partial charge in [-0.05, 0) is 129 Å². The van der Waals surface area contributed by atoms with Crippen molar-refractivity contribution < 1.29 is 17.3 Å². The largest absolute Gasteiger partial charge is 0.532 e. The average Bonchev–Trinajstić information content (AvgIpc) is 4.18. The van der Waals surface area contributed by atoms with Crippen molar-refractivity contribution in [2.24, 2.45) is 5.92 Å². The van der Waals surface area contributed by atoms with Crippen LogP contribution in [0.15, 0.2) is 107 Å². The van der Waals surface area contributed by atoms with Crippen LogP contribution in [0.2, 0.25) is 0 Å². The van der Waals surface area contributed by atoms with Crippen molar-refractivity contribution in [3.05, 3.63) is 149 Å². The van der Waals surface area contributed by atoms with Crippen LogP contribution in [0.1, 0.15) is 140 Å². The SMILES string of the molecule is CCCCCCC1=CC(=C2c3cccn3[B-](F)(F)n3cccc32)[S+]=C1C1=[S+]c2c(n(CC(CC)CCCC)c3cc(=c4sc(=C5c6cccn6[B-](F)(F)n6cccc65)cc4CCCCCC)sc23)=C1. The summed E-state index contributed by atoms with van der Waals surface area (Å²) in [7, 11) is 0. The maximum Gasteiger partial charge on any atom is 0.532 e. The zero-order valence-electron chi connectivity index (χ0n) is 40.0. The highest BCUT2D eigenvalue weighted by Gasteiger charge is 2.45. The predicted octanol–water partition coefficient (Wildman–Crippen LogP) is 13.0. The van der Waals surface area contributed by atoms with Gasteiger partial charge in [-0.25, -0.2) is 0 Å².